The van der Waals surface area contributed by atoms with Crippen molar-refractivity contribution in [2.24, 2.45) is 5.92 Å². The van der Waals surface area contributed by atoms with Crippen molar-refractivity contribution in [1.82, 2.24) is 5.32 Å². The second kappa shape index (κ2) is 7.66. The van der Waals surface area contributed by atoms with E-state index in [0.717, 1.165) is 22.0 Å². The molecule has 3 heteroatoms. The molecule has 106 valence electrons. The number of hydrogen-bond acceptors (Lipinski definition) is 1. The number of halogens is 2. The summed E-state index contributed by atoms with van der Waals surface area (Å²) in [5, 5.41) is 4.45. The van der Waals surface area contributed by atoms with Crippen molar-refractivity contribution in [3.05, 3.63) is 33.3 Å². The van der Waals surface area contributed by atoms with Crippen LogP contribution in [0.25, 0.3) is 0 Å². The van der Waals surface area contributed by atoms with Crippen molar-refractivity contribution in [3.8, 4) is 0 Å². The van der Waals surface area contributed by atoms with E-state index in [1.807, 2.05) is 6.07 Å². The fourth-order valence-corrected chi connectivity index (χ4v) is 3.78. The van der Waals surface area contributed by atoms with Gasteiger partial charge in [-0.3, -0.25) is 0 Å². The van der Waals surface area contributed by atoms with Crippen LogP contribution < -0.4 is 5.32 Å². The number of hydrogen-bond donors (Lipinski definition) is 1. The normalized spacial score (nSPS) is 18.5. The Bertz CT molecular complexity index is 402. The lowest BCUT2D eigenvalue weighted by molar-refractivity contribution is 0.329. The van der Waals surface area contributed by atoms with Crippen LogP contribution in [0.1, 0.15) is 57.1 Å². The first-order valence-electron chi connectivity index (χ1n) is 7.35. The Labute approximate surface area is 130 Å². The standard InChI is InChI=1S/C16H23BrClN/c1-12(15-8-7-14(17)11-16(15)18)19-10-9-13-5-3-2-4-6-13/h7-8,11-13,19H,2-6,9-10H2,1H3. The zero-order valence-corrected chi connectivity index (χ0v) is 13.9. The van der Waals surface area contributed by atoms with Crippen LogP contribution in [-0.2, 0) is 0 Å². The van der Waals surface area contributed by atoms with Crippen LogP contribution in [0, 0.1) is 5.92 Å². The Morgan fingerprint density at radius 2 is 2.05 bits per heavy atom. The van der Waals surface area contributed by atoms with Gasteiger partial charge in [-0.2, -0.15) is 0 Å². The Kier molecular flexibility index (Phi) is 6.18. The molecule has 1 nitrogen and oxygen atoms in total. The van der Waals surface area contributed by atoms with E-state index in [1.54, 1.807) is 0 Å². The molecule has 1 unspecified atom stereocenters. The molecule has 0 aliphatic heterocycles. The predicted molar refractivity (Wildman–Crippen MR) is 86.8 cm³/mol. The van der Waals surface area contributed by atoms with Gasteiger partial charge in [0.25, 0.3) is 0 Å². The third-order valence-electron chi connectivity index (χ3n) is 4.16. The number of rotatable bonds is 5. The summed E-state index contributed by atoms with van der Waals surface area (Å²) < 4.78 is 1.04. The van der Waals surface area contributed by atoms with Gasteiger partial charge in [0, 0.05) is 15.5 Å². The first-order chi connectivity index (χ1) is 9.16. The van der Waals surface area contributed by atoms with Gasteiger partial charge in [-0.25, -0.2) is 0 Å². The van der Waals surface area contributed by atoms with Crippen molar-refractivity contribution >= 4 is 27.5 Å². The third kappa shape index (κ3) is 4.77. The van der Waals surface area contributed by atoms with Crippen molar-refractivity contribution in [3.63, 3.8) is 0 Å². The second-order valence-electron chi connectivity index (χ2n) is 5.63. The molecular weight excluding hydrogens is 322 g/mol. The van der Waals surface area contributed by atoms with E-state index in [9.17, 15) is 0 Å². The van der Waals surface area contributed by atoms with Crippen molar-refractivity contribution < 1.29 is 0 Å². The highest BCUT2D eigenvalue weighted by atomic mass is 79.9. The molecule has 1 N–H and O–H groups in total. The van der Waals surface area contributed by atoms with Crippen LogP contribution in [-0.4, -0.2) is 6.54 Å². The molecule has 1 fully saturated rings. The largest absolute Gasteiger partial charge is 0.310 e. The molecule has 0 bridgehead atoms. The van der Waals surface area contributed by atoms with E-state index in [2.05, 4.69) is 40.3 Å². The lowest BCUT2D eigenvalue weighted by atomic mass is 9.87. The summed E-state index contributed by atoms with van der Waals surface area (Å²) in [6.07, 6.45) is 8.45. The smallest absolute Gasteiger partial charge is 0.0464 e. The Balaban J connectivity index is 1.78. The molecule has 0 spiro atoms. The average molecular weight is 345 g/mol. The van der Waals surface area contributed by atoms with Gasteiger partial charge in [0.05, 0.1) is 0 Å². The van der Waals surface area contributed by atoms with Crippen LogP contribution in [0.3, 0.4) is 0 Å². The number of nitrogens with one attached hydrogen (secondary N) is 1. The maximum Gasteiger partial charge on any atom is 0.0464 e. The zero-order valence-electron chi connectivity index (χ0n) is 11.6. The average Bonchev–Trinajstić information content (AvgIpc) is 2.39. The topological polar surface area (TPSA) is 12.0 Å². The molecule has 0 aromatic heterocycles. The van der Waals surface area contributed by atoms with Gasteiger partial charge < -0.3 is 5.32 Å². The van der Waals surface area contributed by atoms with Crippen LogP contribution in [0.2, 0.25) is 5.02 Å². The van der Waals surface area contributed by atoms with Crippen LogP contribution in [0.4, 0.5) is 0 Å². The summed E-state index contributed by atoms with van der Waals surface area (Å²) in [6.45, 7) is 3.29. The maximum absolute atomic E-state index is 6.28. The summed E-state index contributed by atoms with van der Waals surface area (Å²) >= 11 is 9.73. The molecule has 1 atom stereocenters. The molecule has 0 heterocycles. The SMILES string of the molecule is CC(NCCC1CCCCC1)c1ccc(Br)cc1Cl. The van der Waals surface area contributed by atoms with Crippen molar-refractivity contribution in [2.45, 2.75) is 51.5 Å². The van der Waals surface area contributed by atoms with Gasteiger partial charge in [0.1, 0.15) is 0 Å². The molecule has 1 aliphatic carbocycles. The quantitative estimate of drug-likeness (QED) is 0.720. The van der Waals surface area contributed by atoms with E-state index >= 15 is 0 Å². The highest BCUT2D eigenvalue weighted by Crippen LogP contribution is 2.28. The summed E-state index contributed by atoms with van der Waals surface area (Å²) in [5.74, 6) is 0.939. The minimum absolute atomic E-state index is 0.323. The predicted octanol–water partition coefficient (Wildman–Crippen LogP) is 5.72. The van der Waals surface area contributed by atoms with E-state index in [4.69, 9.17) is 11.6 Å². The molecule has 1 aromatic carbocycles. The van der Waals surface area contributed by atoms with Crippen LogP contribution >= 0.6 is 27.5 Å². The van der Waals surface area contributed by atoms with Crippen LogP contribution in [0.5, 0.6) is 0 Å². The molecule has 1 saturated carbocycles. The Morgan fingerprint density at radius 3 is 2.74 bits per heavy atom. The second-order valence-corrected chi connectivity index (χ2v) is 6.96. The van der Waals surface area contributed by atoms with Gasteiger partial charge in [0.15, 0.2) is 0 Å². The Morgan fingerprint density at radius 1 is 1.32 bits per heavy atom. The highest BCUT2D eigenvalue weighted by molar-refractivity contribution is 9.10. The Hall–Kier alpha value is -0.0500. The minimum Gasteiger partial charge on any atom is -0.310 e. The van der Waals surface area contributed by atoms with Gasteiger partial charge in [0.2, 0.25) is 0 Å². The maximum atomic E-state index is 6.28. The summed E-state index contributed by atoms with van der Waals surface area (Å²) in [7, 11) is 0. The molecule has 0 saturated heterocycles. The van der Waals surface area contributed by atoms with Crippen molar-refractivity contribution in [2.75, 3.05) is 6.54 Å². The van der Waals surface area contributed by atoms with E-state index < -0.39 is 0 Å². The lowest BCUT2D eigenvalue weighted by Gasteiger charge is -2.23. The first kappa shape index (κ1) is 15.3. The van der Waals surface area contributed by atoms with E-state index in [0.29, 0.717) is 6.04 Å². The molecule has 19 heavy (non-hydrogen) atoms. The van der Waals surface area contributed by atoms with Crippen LogP contribution in [0.15, 0.2) is 22.7 Å². The first-order valence-corrected chi connectivity index (χ1v) is 8.52. The molecule has 0 amide bonds. The van der Waals surface area contributed by atoms with Gasteiger partial charge in [-0.15, -0.1) is 0 Å². The fraction of sp³-hybridized carbons (Fsp3) is 0.625. The molecule has 2 rings (SSSR count). The van der Waals surface area contributed by atoms with Gasteiger partial charge in [-0.05, 0) is 43.5 Å². The van der Waals surface area contributed by atoms with Gasteiger partial charge in [-0.1, -0.05) is 65.7 Å². The molecular formula is C16H23BrClN. The molecule has 1 aromatic rings. The van der Waals surface area contributed by atoms with E-state index in [1.165, 1.54) is 44.1 Å². The fourth-order valence-electron chi connectivity index (χ4n) is 2.94. The summed E-state index contributed by atoms with van der Waals surface area (Å²) in [6, 6.07) is 6.45. The summed E-state index contributed by atoms with van der Waals surface area (Å²) in [4.78, 5) is 0. The van der Waals surface area contributed by atoms with Crippen molar-refractivity contribution in [1.29, 1.82) is 0 Å². The summed E-state index contributed by atoms with van der Waals surface area (Å²) in [5.41, 5.74) is 1.19. The highest BCUT2D eigenvalue weighted by Gasteiger charge is 2.14. The third-order valence-corrected chi connectivity index (χ3v) is 4.98. The monoisotopic (exact) mass is 343 g/mol. The van der Waals surface area contributed by atoms with Gasteiger partial charge >= 0.3 is 0 Å². The zero-order chi connectivity index (χ0) is 13.7. The lowest BCUT2D eigenvalue weighted by Crippen LogP contribution is -2.22. The molecule has 1 aliphatic rings. The minimum atomic E-state index is 0.323. The van der Waals surface area contributed by atoms with E-state index in [-0.39, 0.29) is 0 Å². The molecule has 0 radical (unpaired) electrons. The number of benzene rings is 1.